The maximum Gasteiger partial charge on any atom is 0.275 e. The Morgan fingerprint density at radius 2 is 1.79 bits per heavy atom. The van der Waals surface area contributed by atoms with Crippen molar-refractivity contribution in [3.05, 3.63) is 87.0 Å². The Morgan fingerprint density at radius 3 is 2.50 bits per heavy atom. The van der Waals surface area contributed by atoms with Gasteiger partial charge in [0.15, 0.2) is 11.0 Å². The molecule has 8 heteroatoms. The lowest BCUT2D eigenvalue weighted by Gasteiger charge is -2.10. The first kappa shape index (κ1) is 18.2. The average molecular weight is 412 g/mol. The van der Waals surface area contributed by atoms with E-state index < -0.39 is 5.91 Å². The second-order valence-corrected chi connectivity index (χ2v) is 6.61. The fourth-order valence-corrected chi connectivity index (χ4v) is 3.32. The van der Waals surface area contributed by atoms with Crippen LogP contribution in [0.2, 0.25) is 10.0 Å². The number of aromatic nitrogens is 2. The molecule has 0 aliphatic carbocycles. The number of hydrogen-bond donors (Lipinski definition) is 1. The highest BCUT2D eigenvalue weighted by Gasteiger charge is 2.17. The first-order valence-corrected chi connectivity index (χ1v) is 8.89. The zero-order valence-corrected chi connectivity index (χ0v) is 15.7. The van der Waals surface area contributed by atoms with Gasteiger partial charge in [-0.05, 0) is 24.3 Å². The lowest BCUT2D eigenvalue weighted by atomic mass is 10.1. The van der Waals surface area contributed by atoms with Crippen LogP contribution < -0.4 is 10.7 Å². The minimum absolute atomic E-state index is 0.132. The summed E-state index contributed by atoms with van der Waals surface area (Å²) in [6, 6.07) is 11.2. The third-order valence-corrected chi connectivity index (χ3v) is 4.64. The van der Waals surface area contributed by atoms with Gasteiger partial charge in [-0.1, -0.05) is 35.3 Å². The number of amides is 1. The lowest BCUT2D eigenvalue weighted by molar-refractivity contribution is 0.102. The molecular weight excluding hydrogens is 401 g/mol. The molecule has 6 nitrogen and oxygen atoms in total. The monoisotopic (exact) mass is 411 g/mol. The Kier molecular flexibility index (Phi) is 4.81. The van der Waals surface area contributed by atoms with Crippen molar-refractivity contribution in [3.8, 4) is 11.3 Å². The van der Waals surface area contributed by atoms with Crippen molar-refractivity contribution >= 4 is 45.8 Å². The number of nitrogens with zero attached hydrogens (tertiary/aromatic N) is 2. The van der Waals surface area contributed by atoms with Crippen LogP contribution in [0.15, 0.2) is 70.3 Å². The molecule has 0 saturated carbocycles. The van der Waals surface area contributed by atoms with Gasteiger partial charge in [-0.2, -0.15) is 0 Å². The number of para-hydroxylation sites is 1. The van der Waals surface area contributed by atoms with Crippen molar-refractivity contribution in [3.63, 3.8) is 0 Å². The Bertz CT molecular complexity index is 1240. The normalized spacial score (nSPS) is 10.8. The van der Waals surface area contributed by atoms with E-state index in [1.54, 1.807) is 36.4 Å². The van der Waals surface area contributed by atoms with E-state index in [1.807, 2.05) is 0 Å². The summed E-state index contributed by atoms with van der Waals surface area (Å²) in [7, 11) is 0. The molecule has 0 fully saturated rings. The fourth-order valence-electron chi connectivity index (χ4n) is 2.73. The van der Waals surface area contributed by atoms with Crippen molar-refractivity contribution in [1.82, 2.24) is 9.97 Å². The minimum atomic E-state index is -0.482. The number of fused-ring (bicyclic) bond motifs is 1. The van der Waals surface area contributed by atoms with Crippen molar-refractivity contribution in [1.29, 1.82) is 0 Å². The molecule has 1 amide bonds. The summed E-state index contributed by atoms with van der Waals surface area (Å²) >= 11 is 12.5. The zero-order chi connectivity index (χ0) is 19.7. The van der Waals surface area contributed by atoms with Crippen LogP contribution >= 0.6 is 23.2 Å². The maximum absolute atomic E-state index is 12.6. The topological polar surface area (TPSA) is 85.1 Å². The molecule has 28 heavy (non-hydrogen) atoms. The molecular formula is C20H11Cl2N3O3. The van der Waals surface area contributed by atoms with Crippen molar-refractivity contribution in [2.24, 2.45) is 0 Å². The molecule has 4 rings (SSSR count). The highest BCUT2D eigenvalue weighted by molar-refractivity contribution is 6.39. The molecule has 2 heterocycles. The van der Waals surface area contributed by atoms with Gasteiger partial charge in [0, 0.05) is 18.5 Å². The van der Waals surface area contributed by atoms with Crippen LogP contribution in [0.4, 0.5) is 5.69 Å². The van der Waals surface area contributed by atoms with Crippen LogP contribution in [0.1, 0.15) is 10.5 Å². The van der Waals surface area contributed by atoms with E-state index in [-0.39, 0.29) is 22.5 Å². The molecule has 4 aromatic rings. The summed E-state index contributed by atoms with van der Waals surface area (Å²) in [5.41, 5.74) is 0.767. The van der Waals surface area contributed by atoms with Crippen LogP contribution in [0.3, 0.4) is 0 Å². The van der Waals surface area contributed by atoms with Crippen molar-refractivity contribution in [2.75, 3.05) is 5.32 Å². The number of carbonyl (C=O) groups is 1. The van der Waals surface area contributed by atoms with Crippen molar-refractivity contribution in [2.45, 2.75) is 0 Å². The van der Waals surface area contributed by atoms with E-state index in [0.717, 1.165) is 0 Å². The molecule has 0 bridgehead atoms. The molecule has 0 unspecified atom stereocenters. The highest BCUT2D eigenvalue weighted by Crippen LogP contribution is 2.36. The van der Waals surface area contributed by atoms with E-state index in [1.165, 1.54) is 24.7 Å². The molecule has 0 aliphatic rings. The van der Waals surface area contributed by atoms with Gasteiger partial charge < -0.3 is 9.73 Å². The molecule has 2 aromatic heterocycles. The predicted octanol–water partition coefficient (Wildman–Crippen LogP) is 4.81. The molecule has 138 valence electrons. The molecule has 0 radical (unpaired) electrons. The SMILES string of the molecule is O=C(Nc1cccc2c(=O)cc(-c3c(Cl)cccc3Cl)oc12)c1cnccn1. The van der Waals surface area contributed by atoms with Crippen LogP contribution in [-0.2, 0) is 0 Å². The number of benzene rings is 2. The minimum Gasteiger partial charge on any atom is -0.454 e. The smallest absolute Gasteiger partial charge is 0.275 e. The van der Waals surface area contributed by atoms with E-state index in [4.69, 9.17) is 27.6 Å². The Hall–Kier alpha value is -3.22. The maximum atomic E-state index is 12.6. The first-order chi connectivity index (χ1) is 13.5. The predicted molar refractivity (Wildman–Crippen MR) is 108 cm³/mol. The number of anilines is 1. The Balaban J connectivity index is 1.86. The zero-order valence-electron chi connectivity index (χ0n) is 14.1. The van der Waals surface area contributed by atoms with E-state index >= 15 is 0 Å². The molecule has 0 saturated heterocycles. The summed E-state index contributed by atoms with van der Waals surface area (Å²) in [5, 5.41) is 3.69. The largest absolute Gasteiger partial charge is 0.454 e. The second-order valence-electron chi connectivity index (χ2n) is 5.80. The first-order valence-electron chi connectivity index (χ1n) is 8.13. The van der Waals surface area contributed by atoms with Gasteiger partial charge in [-0.25, -0.2) is 4.98 Å². The number of carbonyl (C=O) groups excluding carboxylic acids is 1. The molecule has 1 N–H and O–H groups in total. The average Bonchev–Trinajstić information content (AvgIpc) is 2.69. The van der Waals surface area contributed by atoms with Crippen LogP contribution in [-0.4, -0.2) is 15.9 Å². The lowest BCUT2D eigenvalue weighted by Crippen LogP contribution is -2.14. The summed E-state index contributed by atoms with van der Waals surface area (Å²) in [6.45, 7) is 0. The van der Waals surface area contributed by atoms with Gasteiger partial charge in [0.1, 0.15) is 11.5 Å². The van der Waals surface area contributed by atoms with Crippen LogP contribution in [0, 0.1) is 0 Å². The van der Waals surface area contributed by atoms with Gasteiger partial charge in [0.05, 0.1) is 32.9 Å². The number of hydrogen-bond acceptors (Lipinski definition) is 5. The molecule has 0 atom stereocenters. The van der Waals surface area contributed by atoms with Crippen LogP contribution in [0.25, 0.3) is 22.3 Å². The van der Waals surface area contributed by atoms with E-state index in [2.05, 4.69) is 15.3 Å². The highest BCUT2D eigenvalue weighted by atomic mass is 35.5. The standard InChI is InChI=1S/C20H11Cl2N3O3/c21-12-4-2-5-13(22)18(12)17-9-16(26)11-3-1-6-14(19(11)28-17)25-20(27)15-10-23-7-8-24-15/h1-10H,(H,25,27). The molecule has 2 aromatic carbocycles. The van der Waals surface area contributed by atoms with Gasteiger partial charge in [0.25, 0.3) is 5.91 Å². The van der Waals surface area contributed by atoms with E-state index in [0.29, 0.717) is 26.7 Å². The molecule has 0 spiro atoms. The summed E-state index contributed by atoms with van der Waals surface area (Å²) in [4.78, 5) is 32.9. The molecule has 0 aliphatic heterocycles. The van der Waals surface area contributed by atoms with Gasteiger partial charge in [-0.3, -0.25) is 14.6 Å². The van der Waals surface area contributed by atoms with Crippen LogP contribution in [0.5, 0.6) is 0 Å². The summed E-state index contributed by atoms with van der Waals surface area (Å²) in [6.07, 6.45) is 4.22. The van der Waals surface area contributed by atoms with Gasteiger partial charge >= 0.3 is 0 Å². The summed E-state index contributed by atoms with van der Waals surface area (Å²) in [5.74, 6) is -0.279. The third kappa shape index (κ3) is 3.35. The summed E-state index contributed by atoms with van der Waals surface area (Å²) < 4.78 is 5.94. The second kappa shape index (κ2) is 7.42. The number of rotatable bonds is 3. The van der Waals surface area contributed by atoms with Gasteiger partial charge in [0.2, 0.25) is 0 Å². The van der Waals surface area contributed by atoms with E-state index in [9.17, 15) is 9.59 Å². The third-order valence-electron chi connectivity index (χ3n) is 4.01. The van der Waals surface area contributed by atoms with Gasteiger partial charge in [-0.15, -0.1) is 0 Å². The quantitative estimate of drug-likeness (QED) is 0.522. The number of nitrogens with one attached hydrogen (secondary N) is 1. The van der Waals surface area contributed by atoms with Crippen molar-refractivity contribution < 1.29 is 9.21 Å². The Labute approximate surface area is 168 Å². The Morgan fingerprint density at radius 1 is 1.04 bits per heavy atom. The fraction of sp³-hybridized carbons (Fsp3) is 0. The number of halogens is 2.